The van der Waals surface area contributed by atoms with Gasteiger partial charge in [-0.1, -0.05) is 0 Å². The fraction of sp³-hybridized carbons (Fsp3) is 0.500. The van der Waals surface area contributed by atoms with Crippen LogP contribution >= 0.6 is 0 Å². The van der Waals surface area contributed by atoms with Crippen LogP contribution in [0, 0.1) is 0 Å². The Bertz CT molecular complexity index is 890. The van der Waals surface area contributed by atoms with Gasteiger partial charge in [0.25, 0.3) is 0 Å². The second-order valence-corrected chi connectivity index (χ2v) is 7.28. The van der Waals surface area contributed by atoms with E-state index in [9.17, 15) is 5.11 Å². The number of pyridine rings is 1. The molecule has 0 unspecified atom stereocenters. The first kappa shape index (κ1) is 17.0. The van der Waals surface area contributed by atoms with Crippen LogP contribution < -0.4 is 4.74 Å². The van der Waals surface area contributed by atoms with E-state index >= 15 is 0 Å². The smallest absolute Gasteiger partial charge is 0.225 e. The van der Waals surface area contributed by atoms with Gasteiger partial charge in [0.2, 0.25) is 5.88 Å². The van der Waals surface area contributed by atoms with Gasteiger partial charge in [0.15, 0.2) is 0 Å². The lowest BCUT2D eigenvalue weighted by atomic mass is 10.1. The van der Waals surface area contributed by atoms with Crippen molar-refractivity contribution in [2.75, 3.05) is 13.2 Å². The molecule has 0 aromatic carbocycles. The topological polar surface area (TPSA) is 98.1 Å². The highest BCUT2D eigenvalue weighted by Crippen LogP contribution is 2.33. The number of rotatable bonds is 5. The predicted molar refractivity (Wildman–Crippen MR) is 95.9 cm³/mol. The Balaban J connectivity index is 1.67. The summed E-state index contributed by atoms with van der Waals surface area (Å²) in [7, 11) is 0. The molecule has 0 atom stereocenters. The number of aromatic amines is 1. The van der Waals surface area contributed by atoms with Crippen LogP contribution in [0.3, 0.4) is 0 Å². The molecule has 4 rings (SSSR count). The predicted octanol–water partition coefficient (Wildman–Crippen LogP) is 2.15. The van der Waals surface area contributed by atoms with Crippen LogP contribution in [-0.2, 0) is 11.3 Å². The third-order valence-electron chi connectivity index (χ3n) is 4.34. The van der Waals surface area contributed by atoms with Gasteiger partial charge in [-0.2, -0.15) is 10.2 Å². The lowest BCUT2D eigenvalue weighted by Crippen LogP contribution is -2.26. The van der Waals surface area contributed by atoms with Crippen LogP contribution in [0.2, 0.25) is 0 Å². The Hall–Kier alpha value is -2.45. The van der Waals surface area contributed by atoms with Crippen molar-refractivity contribution in [3.63, 3.8) is 0 Å². The molecule has 0 bridgehead atoms. The van der Waals surface area contributed by atoms with Gasteiger partial charge < -0.3 is 14.6 Å². The molecule has 4 heterocycles. The Morgan fingerprint density at radius 3 is 2.96 bits per heavy atom. The molecule has 138 valence electrons. The van der Waals surface area contributed by atoms with Gasteiger partial charge in [-0.15, -0.1) is 0 Å². The zero-order valence-electron chi connectivity index (χ0n) is 15.0. The fourth-order valence-electron chi connectivity index (χ4n) is 3.16. The largest absolute Gasteiger partial charge is 0.474 e. The number of H-pyrrole nitrogens is 1. The molecule has 0 aliphatic carbocycles. The first-order valence-corrected chi connectivity index (χ1v) is 8.82. The second-order valence-electron chi connectivity index (χ2n) is 7.28. The SMILES string of the molecule is CC(C)(O)Cn1cc(-c2n[nH]c3ccnc(OC4CCOCC4)c23)cn1. The van der Waals surface area contributed by atoms with Crippen molar-refractivity contribution in [3.05, 3.63) is 24.7 Å². The highest BCUT2D eigenvalue weighted by atomic mass is 16.5. The van der Waals surface area contributed by atoms with E-state index in [1.54, 1.807) is 30.9 Å². The first-order chi connectivity index (χ1) is 12.5. The van der Waals surface area contributed by atoms with E-state index in [0.29, 0.717) is 25.6 Å². The van der Waals surface area contributed by atoms with E-state index < -0.39 is 5.60 Å². The molecule has 3 aromatic heterocycles. The Kier molecular flexibility index (Phi) is 4.37. The second kappa shape index (κ2) is 6.69. The van der Waals surface area contributed by atoms with E-state index in [2.05, 4.69) is 20.3 Å². The number of nitrogens with one attached hydrogen (secondary N) is 1. The molecule has 8 heteroatoms. The fourth-order valence-corrected chi connectivity index (χ4v) is 3.16. The van der Waals surface area contributed by atoms with Gasteiger partial charge in [0, 0.05) is 30.8 Å². The summed E-state index contributed by atoms with van der Waals surface area (Å²) >= 11 is 0. The number of aromatic nitrogens is 5. The highest BCUT2D eigenvalue weighted by Gasteiger charge is 2.21. The van der Waals surface area contributed by atoms with E-state index in [1.165, 1.54) is 0 Å². The molecule has 2 N–H and O–H groups in total. The molecular formula is C18H23N5O3. The van der Waals surface area contributed by atoms with Crippen molar-refractivity contribution in [3.8, 4) is 17.1 Å². The van der Waals surface area contributed by atoms with Gasteiger partial charge in [-0.05, 0) is 19.9 Å². The Morgan fingerprint density at radius 1 is 1.38 bits per heavy atom. The van der Waals surface area contributed by atoms with E-state index in [-0.39, 0.29) is 6.10 Å². The molecule has 0 saturated carbocycles. The number of aliphatic hydroxyl groups is 1. The maximum Gasteiger partial charge on any atom is 0.225 e. The molecule has 0 amide bonds. The summed E-state index contributed by atoms with van der Waals surface area (Å²) in [6.07, 6.45) is 7.15. The Morgan fingerprint density at radius 2 is 2.19 bits per heavy atom. The van der Waals surface area contributed by atoms with Gasteiger partial charge in [0.1, 0.15) is 11.8 Å². The summed E-state index contributed by atoms with van der Waals surface area (Å²) in [5.74, 6) is 0.577. The highest BCUT2D eigenvalue weighted by molar-refractivity contribution is 5.96. The van der Waals surface area contributed by atoms with Crippen LogP contribution in [0.25, 0.3) is 22.2 Å². The average Bonchev–Trinajstić information content (AvgIpc) is 3.21. The maximum absolute atomic E-state index is 9.99. The minimum atomic E-state index is -0.837. The van der Waals surface area contributed by atoms with Gasteiger partial charge in [-0.3, -0.25) is 9.78 Å². The van der Waals surface area contributed by atoms with Gasteiger partial charge >= 0.3 is 0 Å². The molecular weight excluding hydrogens is 334 g/mol. The Labute approximate surface area is 151 Å². The number of ether oxygens (including phenoxy) is 2. The van der Waals surface area contributed by atoms with Crippen LogP contribution in [0.1, 0.15) is 26.7 Å². The molecule has 0 spiro atoms. The normalized spacial score (nSPS) is 16.3. The lowest BCUT2D eigenvalue weighted by Gasteiger charge is -2.23. The molecule has 1 aliphatic rings. The molecule has 26 heavy (non-hydrogen) atoms. The summed E-state index contributed by atoms with van der Waals surface area (Å²) in [5.41, 5.74) is 1.63. The van der Waals surface area contributed by atoms with E-state index in [4.69, 9.17) is 9.47 Å². The lowest BCUT2D eigenvalue weighted by molar-refractivity contribution is 0.0244. The number of fused-ring (bicyclic) bond motifs is 1. The minimum Gasteiger partial charge on any atom is -0.474 e. The standard InChI is InChI=1S/C18H23N5O3/c1-18(2,24)11-23-10-12(9-20-23)16-15-14(21-22-16)3-6-19-17(15)26-13-4-7-25-8-5-13/h3,6,9-10,13,24H,4-5,7-8,11H2,1-2H3,(H,21,22). The quantitative estimate of drug-likeness (QED) is 0.726. The third kappa shape index (κ3) is 3.56. The van der Waals surface area contributed by atoms with Crippen LogP contribution in [0.15, 0.2) is 24.7 Å². The number of nitrogens with zero attached hydrogens (tertiary/aromatic N) is 4. The molecule has 1 fully saturated rings. The summed E-state index contributed by atoms with van der Waals surface area (Å²) < 4.78 is 13.3. The summed E-state index contributed by atoms with van der Waals surface area (Å²) in [5, 5.41) is 22.7. The molecule has 1 aliphatic heterocycles. The van der Waals surface area contributed by atoms with Gasteiger partial charge in [0.05, 0.1) is 42.5 Å². The van der Waals surface area contributed by atoms with Crippen molar-refractivity contribution in [2.24, 2.45) is 0 Å². The summed E-state index contributed by atoms with van der Waals surface area (Å²) in [4.78, 5) is 4.44. The number of hydrogen-bond donors (Lipinski definition) is 2. The molecule has 0 radical (unpaired) electrons. The zero-order chi connectivity index (χ0) is 18.1. The zero-order valence-corrected chi connectivity index (χ0v) is 15.0. The summed E-state index contributed by atoms with van der Waals surface area (Å²) in [6.45, 7) is 5.33. The number of hydrogen-bond acceptors (Lipinski definition) is 6. The first-order valence-electron chi connectivity index (χ1n) is 8.82. The average molecular weight is 357 g/mol. The van der Waals surface area contributed by atoms with Crippen molar-refractivity contribution in [1.82, 2.24) is 25.0 Å². The maximum atomic E-state index is 9.99. The van der Waals surface area contributed by atoms with Crippen molar-refractivity contribution >= 4 is 10.9 Å². The van der Waals surface area contributed by atoms with E-state index in [0.717, 1.165) is 35.0 Å². The third-order valence-corrected chi connectivity index (χ3v) is 4.34. The molecule has 8 nitrogen and oxygen atoms in total. The minimum absolute atomic E-state index is 0.0995. The molecule has 1 saturated heterocycles. The molecule has 3 aromatic rings. The summed E-state index contributed by atoms with van der Waals surface area (Å²) in [6, 6.07) is 1.88. The van der Waals surface area contributed by atoms with Gasteiger partial charge in [-0.25, -0.2) is 4.98 Å². The van der Waals surface area contributed by atoms with Crippen molar-refractivity contribution in [1.29, 1.82) is 0 Å². The van der Waals surface area contributed by atoms with Crippen LogP contribution in [-0.4, -0.2) is 55.0 Å². The van der Waals surface area contributed by atoms with Crippen LogP contribution in [0.5, 0.6) is 5.88 Å². The van der Waals surface area contributed by atoms with Crippen molar-refractivity contribution in [2.45, 2.75) is 44.9 Å². The van der Waals surface area contributed by atoms with Crippen molar-refractivity contribution < 1.29 is 14.6 Å². The van der Waals surface area contributed by atoms with Crippen LogP contribution in [0.4, 0.5) is 0 Å². The van der Waals surface area contributed by atoms with E-state index in [1.807, 2.05) is 12.3 Å². The monoisotopic (exact) mass is 357 g/mol.